The van der Waals surface area contributed by atoms with Crippen LogP contribution in [0.15, 0.2) is 0 Å². The summed E-state index contributed by atoms with van der Waals surface area (Å²) in [6, 6.07) is 0. The fourth-order valence-corrected chi connectivity index (χ4v) is 6.90. The predicted molar refractivity (Wildman–Crippen MR) is 246 cm³/mol. The summed E-state index contributed by atoms with van der Waals surface area (Å²) in [4.78, 5) is 83.0. The number of hydrogen-bond donors (Lipinski definition) is 5. The molecule has 0 fully saturated rings. The van der Waals surface area contributed by atoms with Crippen molar-refractivity contribution in [2.24, 2.45) is 17.6 Å². The topological polar surface area (TPSA) is 247 Å². The van der Waals surface area contributed by atoms with Crippen LogP contribution in [0.1, 0.15) is 181 Å². The molecule has 0 unspecified atom stereocenters. The molecule has 0 rings (SSSR count). The first-order valence-electron chi connectivity index (χ1n) is 24.3. The van der Waals surface area contributed by atoms with Gasteiger partial charge in [0.1, 0.15) is 24.8 Å². The van der Waals surface area contributed by atoms with Crippen molar-refractivity contribution in [2.45, 2.75) is 187 Å². The minimum atomic E-state index is -1.04. The number of Topliss-reactive ketones (excluding diaryl/α,β-unsaturated/α-hetero) is 3. The highest BCUT2D eigenvalue weighted by Crippen LogP contribution is 2.18. The number of ketones is 3. The van der Waals surface area contributed by atoms with Gasteiger partial charge >= 0.3 is 11.9 Å². The molecule has 372 valence electrons. The van der Waals surface area contributed by atoms with Crippen LogP contribution in [0.4, 0.5) is 0 Å². The molecule has 6 N–H and O–H groups in total. The number of carbonyl (C=O) groups is 7. The van der Waals surface area contributed by atoms with Crippen molar-refractivity contribution < 1.29 is 62.7 Å². The number of amides is 2. The Hall–Kier alpha value is -3.31. The van der Waals surface area contributed by atoms with Crippen molar-refractivity contribution in [3.63, 3.8) is 0 Å². The van der Waals surface area contributed by atoms with Gasteiger partial charge in [-0.1, -0.05) is 96.8 Å². The molecule has 64 heavy (non-hydrogen) atoms. The number of rotatable bonds is 48. The average molecular weight is 914 g/mol. The monoisotopic (exact) mass is 914 g/mol. The van der Waals surface area contributed by atoms with Gasteiger partial charge in [0, 0.05) is 58.2 Å². The Morgan fingerprint density at radius 2 is 0.969 bits per heavy atom. The van der Waals surface area contributed by atoms with E-state index in [4.69, 9.17) is 29.8 Å². The van der Waals surface area contributed by atoms with Gasteiger partial charge in [0.25, 0.3) is 0 Å². The van der Waals surface area contributed by atoms with E-state index in [0.29, 0.717) is 39.0 Å². The van der Waals surface area contributed by atoms with Crippen LogP contribution in [0.25, 0.3) is 0 Å². The summed E-state index contributed by atoms with van der Waals surface area (Å²) in [5.74, 6) is -2.93. The molecule has 2 atom stereocenters. The maximum Gasteiger partial charge on any atom is 0.306 e. The van der Waals surface area contributed by atoms with Gasteiger partial charge < -0.3 is 45.5 Å². The molecule has 0 radical (unpaired) electrons. The minimum absolute atomic E-state index is 0.0390. The molecule has 0 aliphatic heterocycles. The van der Waals surface area contributed by atoms with Crippen LogP contribution in [-0.2, 0) is 52.5 Å². The van der Waals surface area contributed by atoms with Gasteiger partial charge in [-0.2, -0.15) is 0 Å². The third-order valence-corrected chi connectivity index (χ3v) is 10.9. The summed E-state index contributed by atoms with van der Waals surface area (Å²) in [6.07, 6.45) is 20.0. The van der Waals surface area contributed by atoms with E-state index >= 15 is 0 Å². The number of carbonyl (C=O) groups excluding carboxylic acids is 5. The minimum Gasteiger partial charge on any atom is -0.481 e. The lowest BCUT2D eigenvalue weighted by Gasteiger charge is -2.19. The summed E-state index contributed by atoms with van der Waals surface area (Å²) in [5.41, 5.74) is 5.04. The van der Waals surface area contributed by atoms with Crippen LogP contribution in [0.3, 0.4) is 0 Å². The van der Waals surface area contributed by atoms with Gasteiger partial charge in [-0.3, -0.25) is 33.6 Å². The van der Waals surface area contributed by atoms with E-state index in [1.165, 1.54) is 44.9 Å². The molecule has 0 saturated heterocycles. The Labute approximate surface area is 384 Å². The number of aliphatic carboxylic acids is 2. The van der Waals surface area contributed by atoms with E-state index in [-0.39, 0.29) is 113 Å². The van der Waals surface area contributed by atoms with Crippen molar-refractivity contribution in [1.82, 2.24) is 10.6 Å². The summed E-state index contributed by atoms with van der Waals surface area (Å²) >= 11 is 0. The number of carboxylic acids is 2. The van der Waals surface area contributed by atoms with Gasteiger partial charge in [0.15, 0.2) is 5.78 Å². The van der Waals surface area contributed by atoms with Crippen molar-refractivity contribution in [1.29, 1.82) is 0 Å². The first kappa shape index (κ1) is 60.7. The normalized spacial score (nSPS) is 12.4. The second-order valence-corrected chi connectivity index (χ2v) is 17.8. The maximum atomic E-state index is 12.5. The van der Waals surface area contributed by atoms with E-state index in [1.807, 2.05) is 6.92 Å². The number of hydrogen-bond acceptors (Lipinski definition) is 12. The number of nitrogens with one attached hydrogen (secondary N) is 2. The Morgan fingerprint density at radius 1 is 0.500 bits per heavy atom. The zero-order valence-electron chi connectivity index (χ0n) is 39.9. The Morgan fingerprint density at radius 3 is 1.48 bits per heavy atom. The number of carboxylic acid groups (broad SMARTS) is 2. The SMILES string of the molecule is C[C@H](CCCCNC(=O)COCCOCCNC(=O)COCCOCCCC(=O)CC[C@H](CC(=O)CCCCCCCCCCCCCCCCC(=O)O)C(=O)O)CC(=O)C(C)(C)N. The van der Waals surface area contributed by atoms with E-state index in [9.17, 15) is 38.7 Å². The van der Waals surface area contributed by atoms with E-state index < -0.39 is 23.4 Å². The Balaban J connectivity index is 3.66. The lowest BCUT2D eigenvalue weighted by Crippen LogP contribution is -2.42. The number of unbranched alkanes of at least 4 members (excludes halogenated alkanes) is 14. The molecule has 16 heteroatoms. The fourth-order valence-electron chi connectivity index (χ4n) is 6.90. The molecule has 0 aliphatic rings. The molecular formula is C48H87N3O13. The molecule has 0 heterocycles. The van der Waals surface area contributed by atoms with Crippen molar-refractivity contribution in [3.05, 3.63) is 0 Å². The van der Waals surface area contributed by atoms with Gasteiger partial charge in [-0.25, -0.2) is 0 Å². The third kappa shape index (κ3) is 41.4. The van der Waals surface area contributed by atoms with Crippen molar-refractivity contribution in [3.8, 4) is 0 Å². The number of ether oxygens (including phenoxy) is 4. The second-order valence-electron chi connectivity index (χ2n) is 17.8. The van der Waals surface area contributed by atoms with E-state index in [1.54, 1.807) is 13.8 Å². The first-order chi connectivity index (χ1) is 30.6. The first-order valence-corrected chi connectivity index (χ1v) is 24.3. The van der Waals surface area contributed by atoms with E-state index in [0.717, 1.165) is 64.2 Å². The fraction of sp³-hybridized carbons (Fsp3) is 0.854. The summed E-state index contributed by atoms with van der Waals surface area (Å²) in [6.45, 7) is 7.68. The molecule has 0 spiro atoms. The molecule has 0 aliphatic carbocycles. The molecule has 0 saturated carbocycles. The molecule has 16 nitrogen and oxygen atoms in total. The van der Waals surface area contributed by atoms with Crippen molar-refractivity contribution in [2.75, 3.05) is 65.9 Å². The molecule has 0 aromatic heterocycles. The molecule has 0 aromatic rings. The quantitative estimate of drug-likeness (QED) is 0.0390. The Kier molecular flexibility index (Phi) is 39.0. The zero-order chi connectivity index (χ0) is 47.7. The van der Waals surface area contributed by atoms with Crippen LogP contribution in [-0.4, -0.2) is 123 Å². The Bertz CT molecular complexity index is 1270. The largest absolute Gasteiger partial charge is 0.481 e. The number of nitrogens with two attached hydrogens (primary N) is 1. The highest BCUT2D eigenvalue weighted by Gasteiger charge is 2.24. The second kappa shape index (κ2) is 41.1. The highest BCUT2D eigenvalue weighted by atomic mass is 16.5. The lowest BCUT2D eigenvalue weighted by atomic mass is 9.90. The third-order valence-electron chi connectivity index (χ3n) is 10.9. The van der Waals surface area contributed by atoms with Crippen LogP contribution < -0.4 is 16.4 Å². The molecule has 0 aromatic carbocycles. The lowest BCUT2D eigenvalue weighted by molar-refractivity contribution is -0.144. The standard InChI is InChI=1S/C48H87N3O13/c1-39(35-43(54)48(2,3)49)21-18-19-27-50-44(55)37-64-34-32-62-30-28-51-45(56)38-63-33-31-61-29-20-23-41(52)26-25-40(47(59)60)36-42(53)22-16-14-12-10-8-6-4-5-7-9-11-13-15-17-24-46(57)58/h39-40H,4-38,49H2,1-3H3,(H,50,55)(H,51,56)(H,57,58)(H,59,60)/t39-,40-/m1/s1. The van der Waals surface area contributed by atoms with Gasteiger partial charge in [0.2, 0.25) is 11.8 Å². The van der Waals surface area contributed by atoms with Gasteiger partial charge in [-0.15, -0.1) is 0 Å². The maximum absolute atomic E-state index is 12.5. The van der Waals surface area contributed by atoms with Gasteiger partial charge in [0.05, 0.1) is 44.5 Å². The summed E-state index contributed by atoms with van der Waals surface area (Å²) in [5, 5.41) is 23.8. The molecule has 2 amide bonds. The van der Waals surface area contributed by atoms with Gasteiger partial charge in [-0.05, 0) is 51.9 Å². The smallest absolute Gasteiger partial charge is 0.306 e. The van der Waals surface area contributed by atoms with Crippen LogP contribution in [0.5, 0.6) is 0 Å². The van der Waals surface area contributed by atoms with Crippen molar-refractivity contribution >= 4 is 41.1 Å². The summed E-state index contributed by atoms with van der Waals surface area (Å²) in [7, 11) is 0. The average Bonchev–Trinajstić information content (AvgIpc) is 3.23. The zero-order valence-corrected chi connectivity index (χ0v) is 39.9. The van der Waals surface area contributed by atoms with E-state index in [2.05, 4.69) is 10.6 Å². The summed E-state index contributed by atoms with van der Waals surface area (Å²) < 4.78 is 21.5. The van der Waals surface area contributed by atoms with Crippen LogP contribution >= 0.6 is 0 Å². The molecule has 0 bridgehead atoms. The van der Waals surface area contributed by atoms with Crippen LogP contribution in [0, 0.1) is 11.8 Å². The van der Waals surface area contributed by atoms with Crippen LogP contribution in [0.2, 0.25) is 0 Å². The predicted octanol–water partition coefficient (Wildman–Crippen LogP) is 6.90. The molecular weight excluding hydrogens is 827 g/mol. The highest BCUT2D eigenvalue weighted by molar-refractivity contribution is 5.87.